The van der Waals surface area contributed by atoms with Gasteiger partial charge in [-0.3, -0.25) is 0 Å². The molecular formula is C11H12N2. The summed E-state index contributed by atoms with van der Waals surface area (Å²) in [6.07, 6.45) is 1.99. The third-order valence-corrected chi connectivity index (χ3v) is 2.83. The minimum atomic E-state index is 0.735. The average Bonchev–Trinajstić information content (AvgIpc) is 2.47. The lowest BCUT2D eigenvalue weighted by Gasteiger charge is -2.27. The second-order valence-electron chi connectivity index (χ2n) is 3.68. The van der Waals surface area contributed by atoms with Crippen molar-refractivity contribution in [3.05, 3.63) is 36.0 Å². The zero-order valence-electron chi connectivity index (χ0n) is 7.38. The smallest absolute Gasteiger partial charge is 0.0454 e. The van der Waals surface area contributed by atoms with Crippen molar-refractivity contribution in [3.63, 3.8) is 0 Å². The van der Waals surface area contributed by atoms with Crippen LogP contribution < -0.4 is 5.32 Å². The summed E-state index contributed by atoms with van der Waals surface area (Å²) in [4.78, 5) is 3.21. The second kappa shape index (κ2) is 2.60. The van der Waals surface area contributed by atoms with Gasteiger partial charge in [-0.05, 0) is 29.1 Å². The molecule has 1 saturated heterocycles. The molecule has 0 aliphatic carbocycles. The van der Waals surface area contributed by atoms with E-state index in [0.717, 1.165) is 19.0 Å². The van der Waals surface area contributed by atoms with Crippen LogP contribution in [0.5, 0.6) is 0 Å². The molecule has 3 rings (SSSR count). The number of aromatic nitrogens is 1. The monoisotopic (exact) mass is 172 g/mol. The Labute approximate surface area is 77.0 Å². The molecule has 0 amide bonds. The van der Waals surface area contributed by atoms with Gasteiger partial charge in [-0.2, -0.15) is 0 Å². The van der Waals surface area contributed by atoms with E-state index < -0.39 is 0 Å². The highest BCUT2D eigenvalue weighted by Gasteiger charge is 2.18. The third kappa shape index (κ3) is 1.06. The zero-order chi connectivity index (χ0) is 8.67. The van der Waals surface area contributed by atoms with Crippen molar-refractivity contribution >= 4 is 10.9 Å². The topological polar surface area (TPSA) is 27.8 Å². The lowest BCUT2D eigenvalue weighted by molar-refractivity contribution is 0.449. The minimum Gasteiger partial charge on any atom is -0.361 e. The highest BCUT2D eigenvalue weighted by molar-refractivity contribution is 5.80. The van der Waals surface area contributed by atoms with Gasteiger partial charge in [0.25, 0.3) is 0 Å². The first-order valence-corrected chi connectivity index (χ1v) is 4.71. The summed E-state index contributed by atoms with van der Waals surface area (Å²) in [6, 6.07) is 8.82. The number of H-pyrrole nitrogens is 1. The number of hydrogen-bond donors (Lipinski definition) is 2. The minimum absolute atomic E-state index is 0.735. The predicted molar refractivity (Wildman–Crippen MR) is 53.9 cm³/mol. The molecule has 2 aromatic rings. The van der Waals surface area contributed by atoms with E-state index in [0.29, 0.717) is 0 Å². The highest BCUT2D eigenvalue weighted by Crippen LogP contribution is 2.23. The lowest BCUT2D eigenvalue weighted by Crippen LogP contribution is -2.39. The van der Waals surface area contributed by atoms with Gasteiger partial charge in [-0.25, -0.2) is 0 Å². The van der Waals surface area contributed by atoms with E-state index in [2.05, 4.69) is 34.6 Å². The molecule has 0 bridgehead atoms. The molecule has 0 unspecified atom stereocenters. The van der Waals surface area contributed by atoms with Crippen LogP contribution in [0.25, 0.3) is 10.9 Å². The highest BCUT2D eigenvalue weighted by atomic mass is 14.9. The number of nitrogens with one attached hydrogen (secondary N) is 2. The van der Waals surface area contributed by atoms with Crippen LogP contribution in [0.1, 0.15) is 11.5 Å². The molecule has 1 aromatic heterocycles. The fraction of sp³-hybridized carbons (Fsp3) is 0.273. The largest absolute Gasteiger partial charge is 0.361 e. The van der Waals surface area contributed by atoms with E-state index in [4.69, 9.17) is 0 Å². The normalized spacial score (nSPS) is 17.5. The van der Waals surface area contributed by atoms with Gasteiger partial charge >= 0.3 is 0 Å². The Balaban J connectivity index is 2.09. The van der Waals surface area contributed by atoms with Gasteiger partial charge in [0.2, 0.25) is 0 Å². The van der Waals surface area contributed by atoms with Crippen LogP contribution in [0.4, 0.5) is 0 Å². The number of hydrogen-bond acceptors (Lipinski definition) is 1. The number of aromatic amines is 1. The SMILES string of the molecule is c1cc2cc(C3CNC3)ccc2[nH]1. The Morgan fingerprint density at radius 3 is 2.85 bits per heavy atom. The van der Waals surface area contributed by atoms with Crippen LogP contribution in [-0.4, -0.2) is 18.1 Å². The van der Waals surface area contributed by atoms with Gasteiger partial charge in [0, 0.05) is 30.7 Å². The molecule has 0 radical (unpaired) electrons. The van der Waals surface area contributed by atoms with Crippen molar-refractivity contribution < 1.29 is 0 Å². The van der Waals surface area contributed by atoms with Gasteiger partial charge in [-0.1, -0.05) is 6.07 Å². The first-order chi connectivity index (χ1) is 6.43. The van der Waals surface area contributed by atoms with Crippen LogP contribution in [-0.2, 0) is 0 Å². The Kier molecular flexibility index (Phi) is 1.43. The Morgan fingerprint density at radius 2 is 2.08 bits per heavy atom. The standard InChI is InChI=1S/C11H12N2/c1-2-11-9(3-4-13-11)5-8(1)10-6-12-7-10/h1-5,10,12-13H,6-7H2. The number of fused-ring (bicyclic) bond motifs is 1. The first-order valence-electron chi connectivity index (χ1n) is 4.71. The maximum Gasteiger partial charge on any atom is 0.0454 e. The summed E-state index contributed by atoms with van der Waals surface area (Å²) in [5, 5.41) is 4.62. The van der Waals surface area contributed by atoms with Gasteiger partial charge in [0.1, 0.15) is 0 Å². The summed E-state index contributed by atoms with van der Waals surface area (Å²) >= 11 is 0. The Morgan fingerprint density at radius 1 is 1.15 bits per heavy atom. The van der Waals surface area contributed by atoms with Crippen molar-refractivity contribution in [3.8, 4) is 0 Å². The van der Waals surface area contributed by atoms with Crippen LogP contribution in [0.2, 0.25) is 0 Å². The summed E-state index contributed by atoms with van der Waals surface area (Å²) in [7, 11) is 0. The molecule has 2 heterocycles. The summed E-state index contributed by atoms with van der Waals surface area (Å²) in [5.74, 6) is 0.735. The predicted octanol–water partition coefficient (Wildman–Crippen LogP) is 1.85. The summed E-state index contributed by atoms with van der Waals surface area (Å²) < 4.78 is 0. The van der Waals surface area contributed by atoms with E-state index in [9.17, 15) is 0 Å². The van der Waals surface area contributed by atoms with Gasteiger partial charge in [-0.15, -0.1) is 0 Å². The van der Waals surface area contributed by atoms with Crippen molar-refractivity contribution in [2.45, 2.75) is 5.92 Å². The van der Waals surface area contributed by atoms with Gasteiger partial charge in [0.15, 0.2) is 0 Å². The number of benzene rings is 1. The van der Waals surface area contributed by atoms with Crippen molar-refractivity contribution in [2.24, 2.45) is 0 Å². The fourth-order valence-corrected chi connectivity index (χ4v) is 1.85. The summed E-state index contributed by atoms with van der Waals surface area (Å²) in [6.45, 7) is 2.27. The third-order valence-electron chi connectivity index (χ3n) is 2.83. The first kappa shape index (κ1) is 7.15. The van der Waals surface area contributed by atoms with Crippen molar-refractivity contribution in [1.82, 2.24) is 10.3 Å². The van der Waals surface area contributed by atoms with Crippen molar-refractivity contribution in [1.29, 1.82) is 0 Å². The van der Waals surface area contributed by atoms with Crippen LogP contribution >= 0.6 is 0 Å². The van der Waals surface area contributed by atoms with E-state index in [-0.39, 0.29) is 0 Å². The second-order valence-corrected chi connectivity index (χ2v) is 3.68. The molecule has 1 aliphatic heterocycles. The van der Waals surface area contributed by atoms with E-state index in [1.165, 1.54) is 16.5 Å². The molecular weight excluding hydrogens is 160 g/mol. The van der Waals surface area contributed by atoms with E-state index in [1.807, 2.05) is 6.20 Å². The molecule has 1 aromatic carbocycles. The lowest BCUT2D eigenvalue weighted by atomic mass is 9.93. The molecule has 2 nitrogen and oxygen atoms in total. The van der Waals surface area contributed by atoms with Crippen LogP contribution in [0, 0.1) is 0 Å². The molecule has 1 fully saturated rings. The molecule has 66 valence electrons. The molecule has 2 heteroatoms. The van der Waals surface area contributed by atoms with E-state index in [1.54, 1.807) is 0 Å². The van der Waals surface area contributed by atoms with Gasteiger partial charge in [0.05, 0.1) is 0 Å². The van der Waals surface area contributed by atoms with Crippen LogP contribution in [0.15, 0.2) is 30.5 Å². The maximum absolute atomic E-state index is 3.29. The van der Waals surface area contributed by atoms with Crippen molar-refractivity contribution in [2.75, 3.05) is 13.1 Å². The quantitative estimate of drug-likeness (QED) is 0.675. The van der Waals surface area contributed by atoms with E-state index >= 15 is 0 Å². The van der Waals surface area contributed by atoms with Gasteiger partial charge < -0.3 is 10.3 Å². The molecule has 0 atom stereocenters. The zero-order valence-corrected chi connectivity index (χ0v) is 7.38. The number of rotatable bonds is 1. The molecule has 2 N–H and O–H groups in total. The Bertz CT molecular complexity index is 426. The average molecular weight is 172 g/mol. The summed E-state index contributed by atoms with van der Waals surface area (Å²) in [5.41, 5.74) is 2.70. The van der Waals surface area contributed by atoms with Crippen LogP contribution in [0.3, 0.4) is 0 Å². The Hall–Kier alpha value is -1.28. The molecule has 1 aliphatic rings. The molecule has 13 heavy (non-hydrogen) atoms. The fourth-order valence-electron chi connectivity index (χ4n) is 1.85. The molecule has 0 saturated carbocycles. The molecule has 0 spiro atoms. The maximum atomic E-state index is 3.29.